The molecule has 2 amide bonds. The topological polar surface area (TPSA) is 100 Å². The molecule has 1 aliphatic heterocycles. The van der Waals surface area contributed by atoms with Crippen LogP contribution < -0.4 is 16.6 Å². The lowest BCUT2D eigenvalue weighted by Crippen LogP contribution is -2.34. The van der Waals surface area contributed by atoms with Gasteiger partial charge in [-0.3, -0.25) is 5.43 Å². The highest BCUT2D eigenvalue weighted by Crippen LogP contribution is 2.34. The number of carbonyl (C=O) groups is 1. The number of nitrogens with one attached hydrogen (secondary N) is 2. The summed E-state index contributed by atoms with van der Waals surface area (Å²) in [4.78, 5) is 11.2. The van der Waals surface area contributed by atoms with Crippen LogP contribution in [0.4, 0.5) is 10.5 Å². The Kier molecular flexibility index (Phi) is 5.52. The molecule has 2 aromatic rings. The second kappa shape index (κ2) is 8.00. The third-order valence-corrected chi connectivity index (χ3v) is 4.79. The molecule has 6 heteroatoms. The van der Waals surface area contributed by atoms with E-state index in [-0.39, 0.29) is 0 Å². The van der Waals surface area contributed by atoms with Gasteiger partial charge in [0.25, 0.3) is 0 Å². The predicted molar refractivity (Wildman–Crippen MR) is 99.4 cm³/mol. The summed E-state index contributed by atoms with van der Waals surface area (Å²) in [6.07, 6.45) is 2.22. The molecule has 4 N–H and O–H groups in total. The molecule has 0 atom stereocenters. The molecule has 0 spiro atoms. The lowest BCUT2D eigenvalue weighted by atomic mass is 9.75. The first-order valence-corrected chi connectivity index (χ1v) is 8.60. The summed E-state index contributed by atoms with van der Waals surface area (Å²) < 4.78 is 5.43. The molecule has 0 radical (unpaired) electrons. The first-order valence-electron chi connectivity index (χ1n) is 8.60. The molecule has 1 heterocycles. The SMILES string of the molecule is N#CC1(c2cccc(Cc3ccc(NC(=O)NN)cc3)c2)CCOCC1. The van der Waals surface area contributed by atoms with E-state index < -0.39 is 11.4 Å². The van der Waals surface area contributed by atoms with Gasteiger partial charge in [0.2, 0.25) is 0 Å². The van der Waals surface area contributed by atoms with E-state index >= 15 is 0 Å². The molecule has 26 heavy (non-hydrogen) atoms. The van der Waals surface area contributed by atoms with E-state index in [1.165, 1.54) is 0 Å². The van der Waals surface area contributed by atoms with Crippen LogP contribution in [0.5, 0.6) is 0 Å². The standard InChI is InChI=1S/C20H22N4O2/c21-14-20(8-10-26-11-9-20)17-3-1-2-16(13-17)12-15-4-6-18(7-5-15)23-19(25)24-22/h1-7,13H,8-12,22H2,(H2,23,24,25). The molecule has 0 aromatic heterocycles. The Balaban J connectivity index is 1.75. The fourth-order valence-corrected chi connectivity index (χ4v) is 3.27. The van der Waals surface area contributed by atoms with Crippen LogP contribution in [0.15, 0.2) is 48.5 Å². The summed E-state index contributed by atoms with van der Waals surface area (Å²) in [6, 6.07) is 17.9. The molecule has 0 aliphatic carbocycles. The molecule has 1 saturated heterocycles. The van der Waals surface area contributed by atoms with Crippen molar-refractivity contribution in [2.24, 2.45) is 5.84 Å². The molecule has 3 rings (SSSR count). The second-order valence-corrected chi connectivity index (χ2v) is 6.48. The van der Waals surface area contributed by atoms with E-state index in [0.717, 1.165) is 36.0 Å². The number of urea groups is 1. The predicted octanol–water partition coefficient (Wildman–Crippen LogP) is 2.84. The van der Waals surface area contributed by atoms with Crippen LogP contribution in [0, 0.1) is 11.3 Å². The van der Waals surface area contributed by atoms with Gasteiger partial charge in [-0.2, -0.15) is 5.26 Å². The van der Waals surface area contributed by atoms with Gasteiger partial charge in [-0.1, -0.05) is 36.4 Å². The van der Waals surface area contributed by atoms with Gasteiger partial charge < -0.3 is 10.1 Å². The number of anilines is 1. The summed E-state index contributed by atoms with van der Waals surface area (Å²) in [5.74, 6) is 5.06. The van der Waals surface area contributed by atoms with Crippen molar-refractivity contribution in [1.82, 2.24) is 5.43 Å². The van der Waals surface area contributed by atoms with Gasteiger partial charge in [0, 0.05) is 18.9 Å². The Bertz CT molecular complexity index is 805. The van der Waals surface area contributed by atoms with Crippen molar-refractivity contribution in [3.05, 3.63) is 65.2 Å². The zero-order chi connectivity index (χ0) is 18.4. The lowest BCUT2D eigenvalue weighted by Gasteiger charge is -2.31. The summed E-state index contributed by atoms with van der Waals surface area (Å²) >= 11 is 0. The molecule has 0 unspecified atom stereocenters. The monoisotopic (exact) mass is 350 g/mol. The molecule has 1 aliphatic rings. The van der Waals surface area contributed by atoms with E-state index in [2.05, 4.69) is 23.5 Å². The largest absolute Gasteiger partial charge is 0.381 e. The number of hydrazine groups is 1. The highest BCUT2D eigenvalue weighted by Gasteiger charge is 2.34. The average molecular weight is 350 g/mol. The molecule has 2 aromatic carbocycles. The average Bonchev–Trinajstić information content (AvgIpc) is 2.70. The van der Waals surface area contributed by atoms with Crippen LogP contribution in [0.1, 0.15) is 29.5 Å². The minimum absolute atomic E-state index is 0.447. The summed E-state index contributed by atoms with van der Waals surface area (Å²) in [7, 11) is 0. The molecule has 134 valence electrons. The van der Waals surface area contributed by atoms with Gasteiger partial charge >= 0.3 is 6.03 Å². The van der Waals surface area contributed by atoms with Gasteiger partial charge in [0.1, 0.15) is 0 Å². The quantitative estimate of drug-likeness (QED) is 0.448. The Morgan fingerprint density at radius 3 is 2.54 bits per heavy atom. The molecule has 0 saturated carbocycles. The maximum Gasteiger partial charge on any atom is 0.333 e. The third-order valence-electron chi connectivity index (χ3n) is 4.79. The Hall–Kier alpha value is -2.88. The number of nitriles is 1. The third kappa shape index (κ3) is 4.02. The number of ether oxygens (including phenoxy) is 1. The van der Waals surface area contributed by atoms with Crippen molar-refractivity contribution < 1.29 is 9.53 Å². The molecular formula is C20H22N4O2. The van der Waals surface area contributed by atoms with Gasteiger partial charge in [0.15, 0.2) is 0 Å². The van der Waals surface area contributed by atoms with Crippen LogP contribution in [-0.2, 0) is 16.6 Å². The summed E-state index contributed by atoms with van der Waals surface area (Å²) in [5, 5.41) is 12.4. The molecule has 0 bridgehead atoms. The molecule has 1 fully saturated rings. The maximum absolute atomic E-state index is 11.2. The number of carbonyl (C=O) groups excluding carboxylic acids is 1. The van der Waals surface area contributed by atoms with Crippen molar-refractivity contribution in [3.63, 3.8) is 0 Å². The zero-order valence-electron chi connectivity index (χ0n) is 14.5. The van der Waals surface area contributed by atoms with Crippen molar-refractivity contribution in [3.8, 4) is 6.07 Å². The van der Waals surface area contributed by atoms with Gasteiger partial charge in [-0.05, 0) is 48.1 Å². The van der Waals surface area contributed by atoms with E-state index in [4.69, 9.17) is 10.6 Å². The number of amides is 2. The Labute approximate surface area is 152 Å². The smallest absolute Gasteiger partial charge is 0.333 e. The number of nitrogens with two attached hydrogens (primary N) is 1. The molecule has 6 nitrogen and oxygen atoms in total. The normalized spacial score (nSPS) is 15.7. The lowest BCUT2D eigenvalue weighted by molar-refractivity contribution is 0.0675. The van der Waals surface area contributed by atoms with Gasteiger partial charge in [-0.15, -0.1) is 0 Å². The van der Waals surface area contributed by atoms with Crippen LogP contribution >= 0.6 is 0 Å². The first kappa shape index (κ1) is 17.9. The minimum atomic E-state index is -0.455. The fourth-order valence-electron chi connectivity index (χ4n) is 3.27. The van der Waals surface area contributed by atoms with Crippen LogP contribution in [0.2, 0.25) is 0 Å². The van der Waals surface area contributed by atoms with Gasteiger partial charge in [-0.25, -0.2) is 10.6 Å². The number of hydrogen-bond acceptors (Lipinski definition) is 4. The Morgan fingerprint density at radius 2 is 1.88 bits per heavy atom. The van der Waals surface area contributed by atoms with Crippen molar-refractivity contribution >= 4 is 11.7 Å². The van der Waals surface area contributed by atoms with E-state index in [1.54, 1.807) is 0 Å². The number of benzene rings is 2. The van der Waals surface area contributed by atoms with E-state index in [1.807, 2.05) is 41.8 Å². The highest BCUT2D eigenvalue weighted by molar-refractivity contribution is 5.88. The van der Waals surface area contributed by atoms with Crippen molar-refractivity contribution in [1.29, 1.82) is 5.26 Å². The maximum atomic E-state index is 11.2. The number of rotatable bonds is 4. The number of hydrogen-bond donors (Lipinski definition) is 3. The van der Waals surface area contributed by atoms with Crippen molar-refractivity contribution in [2.75, 3.05) is 18.5 Å². The van der Waals surface area contributed by atoms with Crippen LogP contribution in [-0.4, -0.2) is 19.2 Å². The summed E-state index contributed by atoms with van der Waals surface area (Å²) in [6.45, 7) is 1.26. The van der Waals surface area contributed by atoms with Crippen LogP contribution in [0.3, 0.4) is 0 Å². The van der Waals surface area contributed by atoms with Crippen molar-refractivity contribution in [2.45, 2.75) is 24.7 Å². The summed E-state index contributed by atoms with van der Waals surface area (Å²) in [5.41, 5.74) is 5.61. The van der Waals surface area contributed by atoms with Crippen LogP contribution in [0.25, 0.3) is 0 Å². The van der Waals surface area contributed by atoms with E-state index in [0.29, 0.717) is 18.9 Å². The Morgan fingerprint density at radius 1 is 1.15 bits per heavy atom. The number of nitrogens with zero attached hydrogens (tertiary/aromatic N) is 1. The van der Waals surface area contributed by atoms with E-state index in [9.17, 15) is 10.1 Å². The highest BCUT2D eigenvalue weighted by atomic mass is 16.5. The fraction of sp³-hybridized carbons (Fsp3) is 0.300. The second-order valence-electron chi connectivity index (χ2n) is 6.48. The van der Waals surface area contributed by atoms with Gasteiger partial charge in [0.05, 0.1) is 11.5 Å². The molecular weight excluding hydrogens is 328 g/mol. The minimum Gasteiger partial charge on any atom is -0.381 e. The first-order chi connectivity index (χ1) is 12.6. The zero-order valence-corrected chi connectivity index (χ0v) is 14.5.